The smallest absolute Gasteiger partial charge is 0.209 e. The van der Waals surface area contributed by atoms with Crippen LogP contribution in [-0.4, -0.2) is 56.5 Å². The van der Waals surface area contributed by atoms with Crippen molar-refractivity contribution in [2.45, 2.75) is 18.8 Å². The molecule has 6 nitrogen and oxygen atoms in total. The van der Waals surface area contributed by atoms with E-state index in [1.54, 1.807) is 27.5 Å². The lowest BCUT2D eigenvalue weighted by Gasteiger charge is -2.13. The Labute approximate surface area is 136 Å². The number of hydrogen-bond acceptors (Lipinski definition) is 6. The van der Waals surface area contributed by atoms with Crippen molar-refractivity contribution in [3.8, 4) is 17.1 Å². The number of methoxy groups -OCH3 is 3. The molecular formula is C17H22N2O4. The molecule has 0 N–H and O–H groups in total. The third-order valence-electron chi connectivity index (χ3n) is 4.16. The van der Waals surface area contributed by atoms with Crippen LogP contribution in [0.4, 0.5) is 0 Å². The maximum atomic E-state index is 5.88. The molecule has 0 aliphatic carbocycles. The van der Waals surface area contributed by atoms with Crippen LogP contribution in [0.1, 0.15) is 5.89 Å². The molecule has 1 aromatic carbocycles. The third-order valence-corrected chi connectivity index (χ3v) is 4.16. The summed E-state index contributed by atoms with van der Waals surface area (Å²) < 4.78 is 22.0. The molecule has 1 aromatic heterocycles. The fourth-order valence-electron chi connectivity index (χ4n) is 2.88. The average Bonchev–Trinajstić information content (AvgIpc) is 3.21. The highest BCUT2D eigenvalue weighted by atomic mass is 16.5. The number of nitrogens with zero attached hydrogens (tertiary/aromatic N) is 2. The first-order valence-corrected chi connectivity index (χ1v) is 7.60. The zero-order valence-corrected chi connectivity index (χ0v) is 13.7. The lowest BCUT2D eigenvalue weighted by molar-refractivity contribution is -0.00461. The summed E-state index contributed by atoms with van der Waals surface area (Å²) in [6.45, 7) is 2.27. The Morgan fingerprint density at radius 3 is 2.57 bits per heavy atom. The Bertz CT molecular complexity index is 631. The Kier molecular flexibility index (Phi) is 4.95. The monoisotopic (exact) mass is 318 g/mol. The van der Waals surface area contributed by atoms with Gasteiger partial charge >= 0.3 is 0 Å². The van der Waals surface area contributed by atoms with Crippen molar-refractivity contribution in [3.63, 3.8) is 0 Å². The molecule has 0 spiro atoms. The summed E-state index contributed by atoms with van der Waals surface area (Å²) >= 11 is 0. The SMILES string of the molecule is COc1cccc(-c2cnc(CN3C[C@H](OC)[C@H](OC)C3)o2)c1. The van der Waals surface area contributed by atoms with Crippen LogP contribution in [0.2, 0.25) is 0 Å². The van der Waals surface area contributed by atoms with Gasteiger partial charge in [-0.05, 0) is 12.1 Å². The Hall–Kier alpha value is -1.89. The Balaban J connectivity index is 1.68. The van der Waals surface area contributed by atoms with Crippen molar-refractivity contribution >= 4 is 0 Å². The van der Waals surface area contributed by atoms with E-state index in [1.807, 2.05) is 24.3 Å². The lowest BCUT2D eigenvalue weighted by Crippen LogP contribution is -2.27. The van der Waals surface area contributed by atoms with Crippen molar-refractivity contribution in [1.82, 2.24) is 9.88 Å². The molecule has 23 heavy (non-hydrogen) atoms. The summed E-state index contributed by atoms with van der Waals surface area (Å²) in [5, 5.41) is 0. The minimum absolute atomic E-state index is 0.0906. The van der Waals surface area contributed by atoms with Gasteiger partial charge in [-0.1, -0.05) is 12.1 Å². The first-order chi connectivity index (χ1) is 11.2. The summed E-state index contributed by atoms with van der Waals surface area (Å²) in [5.41, 5.74) is 0.953. The second kappa shape index (κ2) is 7.12. The van der Waals surface area contributed by atoms with Crippen molar-refractivity contribution in [2.24, 2.45) is 0 Å². The lowest BCUT2D eigenvalue weighted by atomic mass is 10.2. The fraction of sp³-hybridized carbons (Fsp3) is 0.471. The van der Waals surface area contributed by atoms with E-state index in [-0.39, 0.29) is 12.2 Å². The van der Waals surface area contributed by atoms with Gasteiger partial charge in [0.1, 0.15) is 5.75 Å². The zero-order valence-electron chi connectivity index (χ0n) is 13.7. The van der Waals surface area contributed by atoms with Crippen molar-refractivity contribution in [1.29, 1.82) is 0 Å². The van der Waals surface area contributed by atoms with Gasteiger partial charge in [0.25, 0.3) is 0 Å². The fourth-order valence-corrected chi connectivity index (χ4v) is 2.88. The average molecular weight is 318 g/mol. The zero-order chi connectivity index (χ0) is 16.2. The van der Waals surface area contributed by atoms with Gasteiger partial charge in [-0.15, -0.1) is 0 Å². The number of ether oxygens (including phenoxy) is 3. The van der Waals surface area contributed by atoms with Crippen LogP contribution in [0, 0.1) is 0 Å². The highest BCUT2D eigenvalue weighted by Gasteiger charge is 2.33. The molecule has 0 radical (unpaired) electrons. The van der Waals surface area contributed by atoms with Crippen molar-refractivity contribution < 1.29 is 18.6 Å². The van der Waals surface area contributed by atoms with Gasteiger partial charge in [0.15, 0.2) is 5.76 Å². The summed E-state index contributed by atoms with van der Waals surface area (Å²) in [6.07, 6.45) is 1.93. The van der Waals surface area contributed by atoms with E-state index in [2.05, 4.69) is 9.88 Å². The topological polar surface area (TPSA) is 57.0 Å². The van der Waals surface area contributed by atoms with Crippen LogP contribution in [0.5, 0.6) is 5.75 Å². The number of likely N-dealkylation sites (tertiary alicyclic amines) is 1. The number of hydrogen-bond donors (Lipinski definition) is 0. The summed E-state index contributed by atoms with van der Waals surface area (Å²) in [6, 6.07) is 7.75. The molecule has 0 bridgehead atoms. The first kappa shape index (κ1) is 16.0. The quantitative estimate of drug-likeness (QED) is 0.814. The molecule has 1 fully saturated rings. The van der Waals surface area contributed by atoms with E-state index in [9.17, 15) is 0 Å². The van der Waals surface area contributed by atoms with Crippen LogP contribution in [-0.2, 0) is 16.0 Å². The maximum Gasteiger partial charge on any atom is 0.209 e. The normalized spacial score (nSPS) is 21.7. The van der Waals surface area contributed by atoms with Crippen LogP contribution >= 0.6 is 0 Å². The number of oxazole rings is 1. The molecule has 3 rings (SSSR count). The van der Waals surface area contributed by atoms with E-state index in [0.29, 0.717) is 12.4 Å². The van der Waals surface area contributed by atoms with E-state index < -0.39 is 0 Å². The number of rotatable bonds is 6. The van der Waals surface area contributed by atoms with Crippen LogP contribution in [0.15, 0.2) is 34.9 Å². The van der Waals surface area contributed by atoms with Gasteiger partial charge in [0, 0.05) is 32.9 Å². The van der Waals surface area contributed by atoms with Crippen LogP contribution < -0.4 is 4.74 Å². The highest BCUT2D eigenvalue weighted by Crippen LogP contribution is 2.25. The molecule has 1 aliphatic heterocycles. The second-order valence-corrected chi connectivity index (χ2v) is 5.59. The molecule has 1 aliphatic rings. The minimum atomic E-state index is 0.0906. The summed E-state index contributed by atoms with van der Waals surface area (Å²) in [4.78, 5) is 6.61. The van der Waals surface area contributed by atoms with Gasteiger partial charge < -0.3 is 18.6 Å². The predicted octanol–water partition coefficient (Wildman–Crippen LogP) is 2.20. The van der Waals surface area contributed by atoms with E-state index in [1.165, 1.54) is 0 Å². The van der Waals surface area contributed by atoms with Crippen LogP contribution in [0.3, 0.4) is 0 Å². The van der Waals surface area contributed by atoms with E-state index in [0.717, 1.165) is 30.2 Å². The number of benzene rings is 1. The minimum Gasteiger partial charge on any atom is -0.497 e. The Morgan fingerprint density at radius 1 is 1.17 bits per heavy atom. The Morgan fingerprint density at radius 2 is 1.91 bits per heavy atom. The molecule has 124 valence electrons. The molecule has 2 heterocycles. The number of aromatic nitrogens is 1. The molecular weight excluding hydrogens is 296 g/mol. The van der Waals surface area contributed by atoms with E-state index >= 15 is 0 Å². The van der Waals surface area contributed by atoms with Gasteiger partial charge in [0.2, 0.25) is 5.89 Å². The third kappa shape index (κ3) is 3.55. The van der Waals surface area contributed by atoms with Gasteiger partial charge in [-0.3, -0.25) is 4.90 Å². The van der Waals surface area contributed by atoms with Gasteiger partial charge in [0.05, 0.1) is 32.1 Å². The maximum absolute atomic E-state index is 5.88. The largest absolute Gasteiger partial charge is 0.497 e. The predicted molar refractivity (Wildman–Crippen MR) is 85.4 cm³/mol. The van der Waals surface area contributed by atoms with Crippen LogP contribution in [0.25, 0.3) is 11.3 Å². The standard InChI is InChI=1S/C17H22N2O4/c1-20-13-6-4-5-12(7-13)14-8-18-17(23-14)11-19-9-15(21-2)16(10-19)22-3/h4-8,15-16H,9-11H2,1-3H3/t15-,16+. The molecule has 0 unspecified atom stereocenters. The van der Waals surface area contributed by atoms with E-state index in [4.69, 9.17) is 18.6 Å². The van der Waals surface area contributed by atoms with Gasteiger partial charge in [-0.2, -0.15) is 0 Å². The molecule has 2 atom stereocenters. The molecule has 1 saturated heterocycles. The first-order valence-electron chi connectivity index (χ1n) is 7.60. The second-order valence-electron chi connectivity index (χ2n) is 5.59. The molecule has 2 aromatic rings. The van der Waals surface area contributed by atoms with Crippen molar-refractivity contribution in [2.75, 3.05) is 34.4 Å². The summed E-state index contributed by atoms with van der Waals surface area (Å²) in [5.74, 6) is 2.23. The molecule has 0 amide bonds. The molecule has 0 saturated carbocycles. The summed E-state index contributed by atoms with van der Waals surface area (Å²) in [7, 11) is 5.08. The molecule has 6 heteroatoms. The highest BCUT2D eigenvalue weighted by molar-refractivity contribution is 5.58. The van der Waals surface area contributed by atoms with Gasteiger partial charge in [-0.25, -0.2) is 4.98 Å². The van der Waals surface area contributed by atoms with Crippen molar-refractivity contribution in [3.05, 3.63) is 36.4 Å².